The molecule has 0 N–H and O–H groups in total. The molecule has 0 saturated heterocycles. The number of allylic oxidation sites excluding steroid dienone is 4. The van der Waals surface area contributed by atoms with Gasteiger partial charge >= 0.3 is 0 Å². The summed E-state index contributed by atoms with van der Waals surface area (Å²) >= 11 is 3.61. The minimum Gasteiger partial charge on any atom is -0.296 e. The smallest absolute Gasteiger partial charge is 0.165 e. The molecule has 2 aromatic carbocycles. The second-order valence-electron chi connectivity index (χ2n) is 6.28. The Labute approximate surface area is 155 Å². The molecule has 3 nitrogen and oxygen atoms in total. The molecule has 3 aromatic rings. The molecule has 4 rings (SSSR count). The van der Waals surface area contributed by atoms with Crippen LogP contribution in [0, 0.1) is 6.92 Å². The number of halogens is 1. The average molecular weight is 392 g/mol. The highest BCUT2D eigenvalue weighted by atomic mass is 79.9. The number of aromatic nitrogens is 3. The zero-order valence-corrected chi connectivity index (χ0v) is 15.7. The lowest BCUT2D eigenvalue weighted by Gasteiger charge is -2.18. The number of aryl methyl sites for hydroxylation is 1. The van der Waals surface area contributed by atoms with Crippen molar-refractivity contribution >= 4 is 15.9 Å². The molecule has 1 aliphatic carbocycles. The molecule has 0 bridgehead atoms. The highest BCUT2D eigenvalue weighted by Gasteiger charge is 2.25. The van der Waals surface area contributed by atoms with Crippen molar-refractivity contribution in [1.29, 1.82) is 0 Å². The van der Waals surface area contributed by atoms with Crippen LogP contribution in [-0.4, -0.2) is 14.8 Å². The normalized spacial score (nSPS) is 16.7. The quantitative estimate of drug-likeness (QED) is 0.573. The van der Waals surface area contributed by atoms with E-state index in [4.69, 9.17) is 0 Å². The van der Waals surface area contributed by atoms with Gasteiger partial charge in [-0.3, -0.25) is 4.57 Å². The Bertz CT molecular complexity index is 983. The first-order valence-electron chi connectivity index (χ1n) is 8.27. The summed E-state index contributed by atoms with van der Waals surface area (Å²) in [5.41, 5.74) is 4.64. The maximum absolute atomic E-state index is 4.57. The fourth-order valence-electron chi connectivity index (χ4n) is 3.26. The average Bonchev–Trinajstić information content (AvgIpc) is 3.18. The van der Waals surface area contributed by atoms with Gasteiger partial charge in [0.05, 0.1) is 6.04 Å². The molecule has 1 aromatic heterocycles. The van der Waals surface area contributed by atoms with Crippen molar-refractivity contribution in [3.63, 3.8) is 0 Å². The van der Waals surface area contributed by atoms with E-state index in [-0.39, 0.29) is 6.04 Å². The van der Waals surface area contributed by atoms with Crippen molar-refractivity contribution in [1.82, 2.24) is 14.8 Å². The molecular formula is C21H18BrN3. The largest absolute Gasteiger partial charge is 0.296 e. The molecule has 0 radical (unpaired) electrons. The van der Waals surface area contributed by atoms with Crippen LogP contribution < -0.4 is 0 Å². The van der Waals surface area contributed by atoms with E-state index in [0.717, 1.165) is 27.3 Å². The molecular weight excluding hydrogens is 374 g/mol. The third-order valence-corrected chi connectivity index (χ3v) is 5.03. The van der Waals surface area contributed by atoms with E-state index in [0.29, 0.717) is 0 Å². The molecule has 1 atom stereocenters. The predicted octanol–water partition coefficient (Wildman–Crippen LogP) is 5.70. The van der Waals surface area contributed by atoms with E-state index < -0.39 is 0 Å². The van der Waals surface area contributed by atoms with E-state index in [2.05, 4.69) is 87.0 Å². The van der Waals surface area contributed by atoms with Gasteiger partial charge in [0.1, 0.15) is 0 Å². The number of rotatable bonds is 3. The lowest BCUT2D eigenvalue weighted by atomic mass is 10.1. The maximum atomic E-state index is 4.57. The Morgan fingerprint density at radius 2 is 1.56 bits per heavy atom. The van der Waals surface area contributed by atoms with Crippen LogP contribution in [0.1, 0.15) is 18.5 Å². The lowest BCUT2D eigenvalue weighted by molar-refractivity contribution is 0.706. The maximum Gasteiger partial charge on any atom is 0.165 e. The fraction of sp³-hybridized carbons (Fsp3) is 0.143. The van der Waals surface area contributed by atoms with Gasteiger partial charge < -0.3 is 0 Å². The molecule has 0 amide bonds. The van der Waals surface area contributed by atoms with E-state index in [1.54, 1.807) is 0 Å². The number of nitrogens with zero attached hydrogens (tertiary/aromatic N) is 3. The van der Waals surface area contributed by atoms with Crippen LogP contribution in [0.4, 0.5) is 0 Å². The van der Waals surface area contributed by atoms with Gasteiger partial charge in [-0.2, -0.15) is 0 Å². The van der Waals surface area contributed by atoms with Crippen LogP contribution in [0.15, 0.2) is 76.8 Å². The number of hydrogen-bond donors (Lipinski definition) is 0. The first-order valence-corrected chi connectivity index (χ1v) is 9.06. The fourth-order valence-corrected chi connectivity index (χ4v) is 3.87. The summed E-state index contributed by atoms with van der Waals surface area (Å²) in [6, 6.07) is 18.7. The Balaban J connectivity index is 1.97. The third-order valence-electron chi connectivity index (χ3n) is 4.54. The van der Waals surface area contributed by atoms with Crippen molar-refractivity contribution in [3.8, 4) is 22.8 Å². The van der Waals surface area contributed by atoms with E-state index >= 15 is 0 Å². The molecule has 1 unspecified atom stereocenters. The van der Waals surface area contributed by atoms with Crippen LogP contribution >= 0.6 is 15.9 Å². The SMILES string of the molecule is CC1=CC(Br)=CC1n1c(-c2ccccc2)nnc1-c1ccccc1C. The van der Waals surface area contributed by atoms with Gasteiger partial charge in [0, 0.05) is 15.6 Å². The molecule has 25 heavy (non-hydrogen) atoms. The van der Waals surface area contributed by atoms with Gasteiger partial charge in [0.25, 0.3) is 0 Å². The minimum absolute atomic E-state index is 0.106. The molecule has 1 heterocycles. The monoisotopic (exact) mass is 391 g/mol. The van der Waals surface area contributed by atoms with E-state index in [9.17, 15) is 0 Å². The van der Waals surface area contributed by atoms with Gasteiger partial charge in [0.2, 0.25) is 0 Å². The zero-order chi connectivity index (χ0) is 17.4. The van der Waals surface area contributed by atoms with Crippen molar-refractivity contribution in [3.05, 3.63) is 82.4 Å². The summed E-state index contributed by atoms with van der Waals surface area (Å²) in [6.45, 7) is 4.26. The Morgan fingerprint density at radius 3 is 2.24 bits per heavy atom. The molecule has 124 valence electrons. The molecule has 4 heteroatoms. The van der Waals surface area contributed by atoms with Gasteiger partial charge in [-0.1, -0.05) is 70.5 Å². The highest BCUT2D eigenvalue weighted by Crippen LogP contribution is 2.37. The Kier molecular flexibility index (Phi) is 4.14. The summed E-state index contributed by atoms with van der Waals surface area (Å²) < 4.78 is 3.33. The van der Waals surface area contributed by atoms with Gasteiger partial charge in [-0.05, 0) is 37.1 Å². The van der Waals surface area contributed by atoms with Crippen molar-refractivity contribution in [2.24, 2.45) is 0 Å². The Hall–Kier alpha value is -2.46. The summed E-state index contributed by atoms with van der Waals surface area (Å²) in [7, 11) is 0. The van der Waals surface area contributed by atoms with Crippen LogP contribution in [-0.2, 0) is 0 Å². The van der Waals surface area contributed by atoms with Gasteiger partial charge in [0.15, 0.2) is 11.6 Å². The number of benzene rings is 2. The molecule has 0 spiro atoms. The third kappa shape index (κ3) is 2.87. The first kappa shape index (κ1) is 16.0. The lowest BCUT2D eigenvalue weighted by Crippen LogP contribution is -2.10. The summed E-state index contributed by atoms with van der Waals surface area (Å²) in [5.74, 6) is 1.78. The summed E-state index contributed by atoms with van der Waals surface area (Å²) in [5, 5.41) is 9.12. The summed E-state index contributed by atoms with van der Waals surface area (Å²) in [6.07, 6.45) is 4.36. The molecule has 0 saturated carbocycles. The topological polar surface area (TPSA) is 30.7 Å². The van der Waals surface area contributed by atoms with E-state index in [1.165, 1.54) is 11.1 Å². The second kappa shape index (κ2) is 6.45. The van der Waals surface area contributed by atoms with Gasteiger partial charge in [-0.15, -0.1) is 10.2 Å². The van der Waals surface area contributed by atoms with Crippen LogP contribution in [0.2, 0.25) is 0 Å². The predicted molar refractivity (Wildman–Crippen MR) is 105 cm³/mol. The zero-order valence-electron chi connectivity index (χ0n) is 14.1. The Morgan fingerprint density at radius 1 is 0.880 bits per heavy atom. The van der Waals surface area contributed by atoms with Gasteiger partial charge in [-0.25, -0.2) is 0 Å². The van der Waals surface area contributed by atoms with Crippen molar-refractivity contribution in [2.45, 2.75) is 19.9 Å². The summed E-state index contributed by atoms with van der Waals surface area (Å²) in [4.78, 5) is 0. The standard InChI is InChI=1S/C21H18BrN3/c1-14-8-6-7-11-18(14)21-24-23-20(16-9-4-3-5-10-16)25(21)19-13-17(22)12-15(19)2/h3-13,19H,1-2H3. The highest BCUT2D eigenvalue weighted by molar-refractivity contribution is 9.11. The first-order chi connectivity index (χ1) is 12.1. The second-order valence-corrected chi connectivity index (χ2v) is 7.20. The van der Waals surface area contributed by atoms with Crippen LogP contribution in [0.3, 0.4) is 0 Å². The molecule has 0 aliphatic heterocycles. The molecule has 0 fully saturated rings. The number of hydrogen-bond acceptors (Lipinski definition) is 2. The van der Waals surface area contributed by atoms with Crippen LogP contribution in [0.25, 0.3) is 22.8 Å². The molecule has 1 aliphatic rings. The minimum atomic E-state index is 0.106. The van der Waals surface area contributed by atoms with E-state index in [1.807, 2.05) is 24.3 Å². The van der Waals surface area contributed by atoms with Crippen molar-refractivity contribution < 1.29 is 0 Å². The van der Waals surface area contributed by atoms with Crippen molar-refractivity contribution in [2.75, 3.05) is 0 Å². The van der Waals surface area contributed by atoms with Crippen LogP contribution in [0.5, 0.6) is 0 Å².